The van der Waals surface area contributed by atoms with Gasteiger partial charge in [-0.05, 0) is 27.9 Å². The highest BCUT2D eigenvalue weighted by atomic mass is 79.9. The van der Waals surface area contributed by atoms with Crippen LogP contribution in [0.15, 0.2) is 16.6 Å². The third-order valence-electron chi connectivity index (χ3n) is 1.51. The first-order valence-corrected chi connectivity index (χ1v) is 5.15. The molecule has 3 heteroatoms. The summed E-state index contributed by atoms with van der Waals surface area (Å²) in [7, 11) is 1.59. The summed E-state index contributed by atoms with van der Waals surface area (Å²) < 4.78 is 5.91. The van der Waals surface area contributed by atoms with Gasteiger partial charge in [0, 0.05) is 12.0 Å². The highest BCUT2D eigenvalue weighted by Gasteiger charge is 2.00. The number of pyridine rings is 1. The molecule has 0 N–H and O–H groups in total. The van der Waals surface area contributed by atoms with E-state index < -0.39 is 0 Å². The van der Waals surface area contributed by atoms with Crippen LogP contribution in [0.4, 0.5) is 0 Å². The van der Waals surface area contributed by atoms with E-state index >= 15 is 0 Å². The molecule has 0 radical (unpaired) electrons. The second-order valence-electron chi connectivity index (χ2n) is 3.11. The van der Waals surface area contributed by atoms with Gasteiger partial charge in [0.05, 0.1) is 11.6 Å². The number of methoxy groups -OCH3 is 1. The van der Waals surface area contributed by atoms with E-state index in [1.165, 1.54) is 0 Å². The van der Waals surface area contributed by atoms with Crippen LogP contribution in [-0.4, -0.2) is 12.1 Å². The third-order valence-corrected chi connectivity index (χ3v) is 2.15. The zero-order valence-electron chi connectivity index (χ0n) is 8.47. The Labute approximate surface area is 92.8 Å². The number of halogens is 1. The molecule has 0 aliphatic heterocycles. The molecule has 74 valence electrons. The first-order chi connectivity index (χ1) is 6.63. The van der Waals surface area contributed by atoms with Crippen LogP contribution in [0.25, 0.3) is 0 Å². The number of rotatable bonds is 1. The predicted molar refractivity (Wildman–Crippen MR) is 60.2 cm³/mol. The Morgan fingerprint density at radius 2 is 2.14 bits per heavy atom. The smallest absolute Gasteiger partial charge is 0.214 e. The third kappa shape index (κ3) is 3.04. The molecule has 14 heavy (non-hydrogen) atoms. The van der Waals surface area contributed by atoms with Gasteiger partial charge in [0.1, 0.15) is 5.69 Å². The van der Waals surface area contributed by atoms with E-state index in [2.05, 4.69) is 32.8 Å². The van der Waals surface area contributed by atoms with Crippen molar-refractivity contribution in [2.24, 2.45) is 5.92 Å². The molecule has 0 atom stereocenters. The molecule has 0 aliphatic carbocycles. The molecule has 0 saturated carbocycles. The molecule has 0 saturated heterocycles. The van der Waals surface area contributed by atoms with Gasteiger partial charge in [-0.2, -0.15) is 0 Å². The van der Waals surface area contributed by atoms with E-state index in [1.807, 2.05) is 19.9 Å². The summed E-state index contributed by atoms with van der Waals surface area (Å²) in [6, 6.07) is 3.68. The van der Waals surface area contributed by atoms with Crippen molar-refractivity contribution >= 4 is 15.9 Å². The largest absolute Gasteiger partial charge is 0.481 e. The summed E-state index contributed by atoms with van der Waals surface area (Å²) in [5.41, 5.74) is 0.720. The van der Waals surface area contributed by atoms with Gasteiger partial charge in [0.15, 0.2) is 0 Å². The summed E-state index contributed by atoms with van der Waals surface area (Å²) in [5, 5.41) is 0. The van der Waals surface area contributed by atoms with Crippen LogP contribution in [0.5, 0.6) is 5.88 Å². The predicted octanol–water partition coefficient (Wildman–Crippen LogP) is 2.86. The summed E-state index contributed by atoms with van der Waals surface area (Å²) >= 11 is 3.39. The van der Waals surface area contributed by atoms with Crippen molar-refractivity contribution in [3.63, 3.8) is 0 Å². The van der Waals surface area contributed by atoms with Crippen molar-refractivity contribution in [3.8, 4) is 17.7 Å². The molecule has 0 spiro atoms. The van der Waals surface area contributed by atoms with Gasteiger partial charge in [0.2, 0.25) is 5.88 Å². The summed E-state index contributed by atoms with van der Waals surface area (Å²) in [5.74, 6) is 6.98. The zero-order valence-corrected chi connectivity index (χ0v) is 10.1. The second kappa shape index (κ2) is 5.02. The molecule has 1 aromatic heterocycles. The molecule has 0 amide bonds. The quantitative estimate of drug-likeness (QED) is 0.719. The fourth-order valence-corrected chi connectivity index (χ4v) is 1.16. The maximum atomic E-state index is 5.02. The Morgan fingerprint density at radius 1 is 1.43 bits per heavy atom. The van der Waals surface area contributed by atoms with E-state index in [0.717, 1.165) is 10.2 Å². The lowest BCUT2D eigenvalue weighted by molar-refractivity contribution is 0.397. The summed E-state index contributed by atoms with van der Waals surface area (Å²) in [4.78, 5) is 4.22. The Bertz CT molecular complexity index is 377. The summed E-state index contributed by atoms with van der Waals surface area (Å²) in [6.07, 6.45) is 0. The monoisotopic (exact) mass is 253 g/mol. The molecule has 1 heterocycles. The second-order valence-corrected chi connectivity index (χ2v) is 3.96. The number of nitrogens with zero attached hydrogens (tertiary/aromatic N) is 1. The van der Waals surface area contributed by atoms with Crippen molar-refractivity contribution in [1.29, 1.82) is 0 Å². The van der Waals surface area contributed by atoms with Crippen molar-refractivity contribution in [2.75, 3.05) is 7.11 Å². The molecule has 0 unspecified atom stereocenters. The van der Waals surface area contributed by atoms with Gasteiger partial charge in [-0.1, -0.05) is 19.8 Å². The zero-order chi connectivity index (χ0) is 10.6. The summed E-state index contributed by atoms with van der Waals surface area (Å²) in [6.45, 7) is 4.09. The van der Waals surface area contributed by atoms with E-state index in [9.17, 15) is 0 Å². The van der Waals surface area contributed by atoms with Crippen molar-refractivity contribution < 1.29 is 4.74 Å². The molecule has 0 bridgehead atoms. The number of aromatic nitrogens is 1. The average Bonchev–Trinajstić information content (AvgIpc) is 2.16. The molecular weight excluding hydrogens is 242 g/mol. The Morgan fingerprint density at radius 3 is 2.71 bits per heavy atom. The molecule has 1 aromatic rings. The Hall–Kier alpha value is -1.01. The SMILES string of the molecule is COc1ccc(Br)c(C#CC(C)C)n1. The molecule has 1 rings (SSSR count). The van der Waals surface area contributed by atoms with Crippen LogP contribution in [0.1, 0.15) is 19.5 Å². The average molecular weight is 254 g/mol. The fourth-order valence-electron chi connectivity index (χ4n) is 0.838. The van der Waals surface area contributed by atoms with E-state index in [4.69, 9.17) is 4.74 Å². The standard InChI is InChI=1S/C11H12BrNO/c1-8(2)4-6-10-9(12)5-7-11(13-10)14-3/h5,7-8H,1-3H3. The van der Waals surface area contributed by atoms with Gasteiger partial charge < -0.3 is 4.74 Å². The Balaban J connectivity index is 3.02. The van der Waals surface area contributed by atoms with Gasteiger partial charge in [0.25, 0.3) is 0 Å². The maximum absolute atomic E-state index is 5.02. The van der Waals surface area contributed by atoms with Crippen LogP contribution in [0.3, 0.4) is 0 Å². The fraction of sp³-hybridized carbons (Fsp3) is 0.364. The molecule has 0 aliphatic rings. The van der Waals surface area contributed by atoms with Gasteiger partial charge in [-0.15, -0.1) is 0 Å². The molecule has 0 aromatic carbocycles. The number of hydrogen-bond donors (Lipinski definition) is 0. The maximum Gasteiger partial charge on any atom is 0.214 e. The van der Waals surface area contributed by atoms with Crippen LogP contribution >= 0.6 is 15.9 Å². The molecule has 0 fully saturated rings. The number of ether oxygens (including phenoxy) is 1. The Kier molecular flexibility index (Phi) is 3.97. The van der Waals surface area contributed by atoms with Crippen LogP contribution in [-0.2, 0) is 0 Å². The highest BCUT2D eigenvalue weighted by Crippen LogP contribution is 2.17. The van der Waals surface area contributed by atoms with Gasteiger partial charge in [-0.3, -0.25) is 0 Å². The highest BCUT2D eigenvalue weighted by molar-refractivity contribution is 9.10. The van der Waals surface area contributed by atoms with Gasteiger partial charge >= 0.3 is 0 Å². The van der Waals surface area contributed by atoms with Crippen molar-refractivity contribution in [3.05, 3.63) is 22.3 Å². The lowest BCUT2D eigenvalue weighted by Gasteiger charge is -2.00. The first-order valence-electron chi connectivity index (χ1n) is 4.35. The van der Waals surface area contributed by atoms with Crippen LogP contribution in [0.2, 0.25) is 0 Å². The lowest BCUT2D eigenvalue weighted by Crippen LogP contribution is -1.91. The molecular formula is C11H12BrNO. The van der Waals surface area contributed by atoms with Crippen molar-refractivity contribution in [2.45, 2.75) is 13.8 Å². The number of hydrogen-bond acceptors (Lipinski definition) is 2. The van der Waals surface area contributed by atoms with E-state index in [1.54, 1.807) is 13.2 Å². The normalized spacial score (nSPS) is 9.50. The molecule has 2 nitrogen and oxygen atoms in total. The lowest BCUT2D eigenvalue weighted by atomic mass is 10.2. The van der Waals surface area contributed by atoms with E-state index in [0.29, 0.717) is 11.8 Å². The topological polar surface area (TPSA) is 22.1 Å². The minimum absolute atomic E-state index is 0.343. The van der Waals surface area contributed by atoms with Crippen LogP contribution in [0, 0.1) is 17.8 Å². The minimum atomic E-state index is 0.343. The van der Waals surface area contributed by atoms with Crippen molar-refractivity contribution in [1.82, 2.24) is 4.98 Å². The first kappa shape index (κ1) is 11.1. The minimum Gasteiger partial charge on any atom is -0.481 e. The van der Waals surface area contributed by atoms with Crippen LogP contribution < -0.4 is 4.74 Å². The van der Waals surface area contributed by atoms with E-state index in [-0.39, 0.29) is 0 Å². The van der Waals surface area contributed by atoms with Gasteiger partial charge in [-0.25, -0.2) is 4.98 Å².